The largest absolute Gasteiger partial charge is 0.378 e. The summed E-state index contributed by atoms with van der Waals surface area (Å²) in [5.41, 5.74) is 0. The highest BCUT2D eigenvalue weighted by Crippen LogP contribution is 2.13. The molecule has 0 spiro atoms. The summed E-state index contributed by atoms with van der Waals surface area (Å²) in [5, 5.41) is 3.38. The maximum Gasteiger partial charge on any atom is 0.236 e. The van der Waals surface area contributed by atoms with E-state index in [1.165, 1.54) is 19.3 Å². The number of amides is 1. The summed E-state index contributed by atoms with van der Waals surface area (Å²) >= 11 is 0. The first-order valence-corrected chi connectivity index (χ1v) is 6.88. The van der Waals surface area contributed by atoms with Crippen LogP contribution in [0.2, 0.25) is 0 Å². The summed E-state index contributed by atoms with van der Waals surface area (Å²) in [5.74, 6) is 0.267. The van der Waals surface area contributed by atoms with Gasteiger partial charge in [0.15, 0.2) is 0 Å². The van der Waals surface area contributed by atoms with E-state index >= 15 is 0 Å². The zero-order chi connectivity index (χ0) is 12.1. The average molecular weight is 240 g/mol. The molecule has 2 atom stereocenters. The van der Waals surface area contributed by atoms with Gasteiger partial charge in [0.2, 0.25) is 5.91 Å². The Hall–Kier alpha value is -0.610. The predicted molar refractivity (Wildman–Crippen MR) is 66.9 cm³/mol. The Balaban J connectivity index is 1.68. The minimum atomic E-state index is 0.267. The van der Waals surface area contributed by atoms with Crippen LogP contribution in [0.15, 0.2) is 0 Å². The maximum absolute atomic E-state index is 12.0. The molecule has 2 unspecified atom stereocenters. The van der Waals surface area contributed by atoms with E-state index in [0.717, 1.165) is 32.5 Å². The molecule has 0 aromatic heterocycles. The molecular weight excluding hydrogens is 216 g/mol. The fourth-order valence-corrected chi connectivity index (χ4v) is 2.67. The van der Waals surface area contributed by atoms with Crippen LogP contribution in [0.25, 0.3) is 0 Å². The summed E-state index contributed by atoms with van der Waals surface area (Å²) in [6.07, 6.45) is 5.98. The van der Waals surface area contributed by atoms with Crippen LogP contribution in [-0.4, -0.2) is 49.2 Å². The molecule has 2 rings (SSSR count). The van der Waals surface area contributed by atoms with Crippen LogP contribution in [-0.2, 0) is 9.53 Å². The van der Waals surface area contributed by atoms with Gasteiger partial charge in [0.05, 0.1) is 12.6 Å². The van der Waals surface area contributed by atoms with E-state index in [-0.39, 0.29) is 5.91 Å². The molecule has 2 aliphatic rings. The van der Waals surface area contributed by atoms with Gasteiger partial charge in [-0.05, 0) is 39.0 Å². The molecule has 4 heteroatoms. The summed E-state index contributed by atoms with van der Waals surface area (Å²) in [4.78, 5) is 14.0. The molecule has 0 aromatic rings. The fourth-order valence-electron chi connectivity index (χ4n) is 2.67. The number of carbonyl (C=O) groups is 1. The molecule has 0 aromatic carbocycles. The second-order valence-electron chi connectivity index (χ2n) is 5.23. The van der Waals surface area contributed by atoms with Crippen molar-refractivity contribution < 1.29 is 9.53 Å². The molecule has 2 saturated heterocycles. The molecule has 4 nitrogen and oxygen atoms in total. The van der Waals surface area contributed by atoms with Gasteiger partial charge in [-0.2, -0.15) is 0 Å². The van der Waals surface area contributed by atoms with Gasteiger partial charge < -0.3 is 15.0 Å². The average Bonchev–Trinajstić information content (AvgIpc) is 2.37. The Morgan fingerprint density at radius 3 is 2.82 bits per heavy atom. The number of hydrogen-bond acceptors (Lipinski definition) is 3. The SMILES string of the molecule is CC1CC(NCC(=O)N2CCCCC2)CCO1. The number of ether oxygens (including phenoxy) is 1. The lowest BCUT2D eigenvalue weighted by atomic mass is 10.0. The standard InChI is InChI=1S/C13H24N2O2/c1-11-9-12(5-8-17-11)14-10-13(16)15-6-3-2-4-7-15/h11-12,14H,2-10H2,1H3. The van der Waals surface area contributed by atoms with Crippen molar-refractivity contribution in [1.82, 2.24) is 10.2 Å². The van der Waals surface area contributed by atoms with Crippen LogP contribution in [0, 0.1) is 0 Å². The lowest BCUT2D eigenvalue weighted by Gasteiger charge is -2.30. The Morgan fingerprint density at radius 1 is 1.35 bits per heavy atom. The molecule has 2 fully saturated rings. The van der Waals surface area contributed by atoms with Gasteiger partial charge in [0.25, 0.3) is 0 Å². The van der Waals surface area contributed by atoms with Crippen LogP contribution >= 0.6 is 0 Å². The van der Waals surface area contributed by atoms with E-state index in [1.807, 2.05) is 4.90 Å². The summed E-state index contributed by atoms with van der Waals surface area (Å²) in [7, 11) is 0. The van der Waals surface area contributed by atoms with E-state index in [1.54, 1.807) is 0 Å². The van der Waals surface area contributed by atoms with Gasteiger partial charge in [0.1, 0.15) is 0 Å². The second kappa shape index (κ2) is 6.36. The monoisotopic (exact) mass is 240 g/mol. The van der Waals surface area contributed by atoms with Gasteiger partial charge >= 0.3 is 0 Å². The molecule has 1 amide bonds. The fraction of sp³-hybridized carbons (Fsp3) is 0.923. The van der Waals surface area contributed by atoms with E-state index in [0.29, 0.717) is 18.7 Å². The highest BCUT2D eigenvalue weighted by molar-refractivity contribution is 5.78. The van der Waals surface area contributed by atoms with Crippen molar-refractivity contribution in [1.29, 1.82) is 0 Å². The topological polar surface area (TPSA) is 41.6 Å². The van der Waals surface area contributed by atoms with Crippen LogP contribution in [0.3, 0.4) is 0 Å². The quantitative estimate of drug-likeness (QED) is 0.805. The lowest BCUT2D eigenvalue weighted by Crippen LogP contribution is -2.46. The molecule has 0 radical (unpaired) electrons. The molecule has 0 aliphatic carbocycles. The molecule has 0 saturated carbocycles. The second-order valence-corrected chi connectivity index (χ2v) is 5.23. The van der Waals surface area contributed by atoms with Crippen molar-refractivity contribution >= 4 is 5.91 Å². The van der Waals surface area contributed by atoms with Crippen molar-refractivity contribution in [2.75, 3.05) is 26.2 Å². The Bertz CT molecular complexity index is 252. The normalized spacial score (nSPS) is 30.3. The molecule has 17 heavy (non-hydrogen) atoms. The highest BCUT2D eigenvalue weighted by atomic mass is 16.5. The Kier molecular flexibility index (Phi) is 4.80. The third kappa shape index (κ3) is 3.96. The number of nitrogens with one attached hydrogen (secondary N) is 1. The first kappa shape index (κ1) is 12.8. The summed E-state index contributed by atoms with van der Waals surface area (Å²) in [6, 6.07) is 0.451. The van der Waals surface area contributed by atoms with Gasteiger partial charge in [-0.1, -0.05) is 0 Å². The Morgan fingerprint density at radius 2 is 2.12 bits per heavy atom. The zero-order valence-electron chi connectivity index (χ0n) is 10.8. The van der Waals surface area contributed by atoms with E-state index in [2.05, 4.69) is 12.2 Å². The van der Waals surface area contributed by atoms with Crippen molar-refractivity contribution in [3.05, 3.63) is 0 Å². The van der Waals surface area contributed by atoms with Crippen molar-refractivity contribution in [2.45, 2.75) is 51.2 Å². The van der Waals surface area contributed by atoms with E-state index < -0.39 is 0 Å². The molecule has 2 heterocycles. The molecule has 1 N–H and O–H groups in total. The van der Waals surface area contributed by atoms with E-state index in [9.17, 15) is 4.79 Å². The number of piperidine rings is 1. The van der Waals surface area contributed by atoms with Gasteiger partial charge in [-0.3, -0.25) is 4.79 Å². The van der Waals surface area contributed by atoms with Crippen LogP contribution in [0.5, 0.6) is 0 Å². The highest BCUT2D eigenvalue weighted by Gasteiger charge is 2.21. The van der Waals surface area contributed by atoms with Crippen molar-refractivity contribution in [3.63, 3.8) is 0 Å². The zero-order valence-corrected chi connectivity index (χ0v) is 10.8. The number of nitrogens with zero attached hydrogens (tertiary/aromatic N) is 1. The van der Waals surface area contributed by atoms with Crippen molar-refractivity contribution in [3.8, 4) is 0 Å². The van der Waals surface area contributed by atoms with Crippen LogP contribution in [0.4, 0.5) is 0 Å². The first-order chi connectivity index (χ1) is 8.25. The number of likely N-dealkylation sites (tertiary alicyclic amines) is 1. The van der Waals surface area contributed by atoms with Crippen LogP contribution < -0.4 is 5.32 Å². The minimum Gasteiger partial charge on any atom is -0.378 e. The number of rotatable bonds is 3. The predicted octanol–water partition coefficient (Wildman–Crippen LogP) is 1.16. The number of carbonyl (C=O) groups excluding carboxylic acids is 1. The van der Waals surface area contributed by atoms with Crippen LogP contribution in [0.1, 0.15) is 39.0 Å². The number of hydrogen-bond donors (Lipinski definition) is 1. The third-order valence-electron chi connectivity index (χ3n) is 3.74. The lowest BCUT2D eigenvalue weighted by molar-refractivity contribution is -0.131. The van der Waals surface area contributed by atoms with Crippen molar-refractivity contribution in [2.24, 2.45) is 0 Å². The maximum atomic E-state index is 12.0. The molecule has 98 valence electrons. The molecule has 0 bridgehead atoms. The van der Waals surface area contributed by atoms with Gasteiger partial charge in [-0.15, -0.1) is 0 Å². The smallest absolute Gasteiger partial charge is 0.236 e. The first-order valence-electron chi connectivity index (χ1n) is 6.88. The van der Waals surface area contributed by atoms with Gasteiger partial charge in [-0.25, -0.2) is 0 Å². The van der Waals surface area contributed by atoms with E-state index in [4.69, 9.17) is 4.74 Å². The summed E-state index contributed by atoms with van der Waals surface area (Å²) in [6.45, 7) is 5.31. The minimum absolute atomic E-state index is 0.267. The third-order valence-corrected chi connectivity index (χ3v) is 3.74. The molecular formula is C13H24N2O2. The summed E-state index contributed by atoms with van der Waals surface area (Å²) < 4.78 is 5.50. The Labute approximate surface area is 104 Å². The van der Waals surface area contributed by atoms with Gasteiger partial charge in [0, 0.05) is 25.7 Å². The molecule has 2 aliphatic heterocycles.